The zero-order valence-corrected chi connectivity index (χ0v) is 11.4. The number of methoxy groups -OCH3 is 1. The summed E-state index contributed by atoms with van der Waals surface area (Å²) in [7, 11) is 1.44. The van der Waals surface area contributed by atoms with Crippen molar-refractivity contribution in [1.82, 2.24) is 0 Å². The predicted molar refractivity (Wildman–Crippen MR) is 72.7 cm³/mol. The highest BCUT2D eigenvalue weighted by atomic mass is 16.5. The lowest BCUT2D eigenvalue weighted by molar-refractivity contribution is -0.119. The van der Waals surface area contributed by atoms with Gasteiger partial charge in [-0.25, -0.2) is 0 Å². The minimum Gasteiger partial charge on any atom is -0.491 e. The third kappa shape index (κ3) is 5.09. The highest BCUT2D eigenvalue weighted by Crippen LogP contribution is 2.26. The Hall–Kier alpha value is -1.88. The SMILES string of the molecule is COCC(=O)Nc1cc(C=O)ccc1OCC(C)C. The minimum absolute atomic E-state index is 0.0467. The summed E-state index contributed by atoms with van der Waals surface area (Å²) in [6.07, 6.45) is 0.720. The fraction of sp³-hybridized carbons (Fsp3) is 0.429. The topological polar surface area (TPSA) is 64.6 Å². The number of carbonyl (C=O) groups excluding carboxylic acids is 2. The number of anilines is 1. The van der Waals surface area contributed by atoms with E-state index in [0.29, 0.717) is 29.5 Å². The first kappa shape index (κ1) is 15.2. The molecule has 1 aromatic rings. The maximum atomic E-state index is 11.5. The molecule has 0 aliphatic heterocycles. The Kier molecular flexibility index (Phi) is 6.02. The number of benzene rings is 1. The van der Waals surface area contributed by atoms with Crippen LogP contribution in [0.1, 0.15) is 24.2 Å². The van der Waals surface area contributed by atoms with Gasteiger partial charge < -0.3 is 14.8 Å². The van der Waals surface area contributed by atoms with Gasteiger partial charge in [-0.3, -0.25) is 9.59 Å². The van der Waals surface area contributed by atoms with Crippen molar-refractivity contribution in [2.75, 3.05) is 25.6 Å². The van der Waals surface area contributed by atoms with Crippen LogP contribution in [0.5, 0.6) is 5.75 Å². The lowest BCUT2D eigenvalue weighted by Gasteiger charge is -2.14. The van der Waals surface area contributed by atoms with Crippen LogP contribution in [0.15, 0.2) is 18.2 Å². The lowest BCUT2D eigenvalue weighted by Crippen LogP contribution is -2.18. The molecule has 104 valence electrons. The van der Waals surface area contributed by atoms with Crippen LogP contribution in [0.4, 0.5) is 5.69 Å². The molecule has 1 amide bonds. The molecule has 0 atom stereocenters. The molecule has 1 rings (SSSR count). The molecule has 0 radical (unpaired) electrons. The van der Waals surface area contributed by atoms with Gasteiger partial charge in [-0.1, -0.05) is 13.8 Å². The Labute approximate surface area is 112 Å². The number of aldehydes is 1. The Bertz CT molecular complexity index is 443. The average Bonchev–Trinajstić information content (AvgIpc) is 2.37. The summed E-state index contributed by atoms with van der Waals surface area (Å²) >= 11 is 0. The summed E-state index contributed by atoms with van der Waals surface area (Å²) in [4.78, 5) is 22.3. The van der Waals surface area contributed by atoms with Crippen LogP contribution in [0.2, 0.25) is 0 Å². The zero-order chi connectivity index (χ0) is 14.3. The van der Waals surface area contributed by atoms with Crippen LogP contribution in [0, 0.1) is 5.92 Å². The van der Waals surface area contributed by atoms with Crippen LogP contribution in [0.25, 0.3) is 0 Å². The number of hydrogen-bond donors (Lipinski definition) is 1. The molecule has 0 aliphatic rings. The van der Waals surface area contributed by atoms with Crippen LogP contribution < -0.4 is 10.1 Å². The second-order valence-corrected chi connectivity index (χ2v) is 4.56. The number of carbonyl (C=O) groups is 2. The highest BCUT2D eigenvalue weighted by molar-refractivity contribution is 5.94. The number of nitrogens with one attached hydrogen (secondary N) is 1. The van der Waals surface area contributed by atoms with Gasteiger partial charge in [0, 0.05) is 12.7 Å². The van der Waals surface area contributed by atoms with Gasteiger partial charge in [-0.05, 0) is 24.1 Å². The monoisotopic (exact) mass is 265 g/mol. The minimum atomic E-state index is -0.292. The largest absolute Gasteiger partial charge is 0.491 e. The third-order valence-electron chi connectivity index (χ3n) is 2.26. The van der Waals surface area contributed by atoms with Gasteiger partial charge in [0.25, 0.3) is 0 Å². The van der Waals surface area contributed by atoms with E-state index in [0.717, 1.165) is 6.29 Å². The molecule has 1 aromatic carbocycles. The van der Waals surface area contributed by atoms with E-state index in [4.69, 9.17) is 9.47 Å². The summed E-state index contributed by atoms with van der Waals surface area (Å²) in [5.74, 6) is 0.622. The van der Waals surface area contributed by atoms with Gasteiger partial charge in [0.1, 0.15) is 18.6 Å². The standard InChI is InChI=1S/C14H19NO4/c1-10(2)8-19-13-5-4-11(7-16)6-12(13)15-14(17)9-18-3/h4-7,10H,8-9H2,1-3H3,(H,15,17). The molecular formula is C14H19NO4. The number of ether oxygens (including phenoxy) is 2. The van der Waals surface area contributed by atoms with E-state index >= 15 is 0 Å². The maximum Gasteiger partial charge on any atom is 0.250 e. The van der Waals surface area contributed by atoms with Gasteiger partial charge in [-0.2, -0.15) is 0 Å². The molecule has 0 spiro atoms. The van der Waals surface area contributed by atoms with E-state index < -0.39 is 0 Å². The van der Waals surface area contributed by atoms with Crippen molar-refractivity contribution in [2.24, 2.45) is 5.92 Å². The van der Waals surface area contributed by atoms with E-state index in [-0.39, 0.29) is 12.5 Å². The Morgan fingerprint density at radius 1 is 1.42 bits per heavy atom. The second-order valence-electron chi connectivity index (χ2n) is 4.56. The molecule has 0 aromatic heterocycles. The summed E-state index contributed by atoms with van der Waals surface area (Å²) in [6, 6.07) is 4.90. The number of amides is 1. The average molecular weight is 265 g/mol. The van der Waals surface area contributed by atoms with Crippen molar-refractivity contribution < 1.29 is 19.1 Å². The van der Waals surface area contributed by atoms with Crippen LogP contribution in [-0.2, 0) is 9.53 Å². The molecule has 19 heavy (non-hydrogen) atoms. The quantitative estimate of drug-likeness (QED) is 0.767. The van der Waals surface area contributed by atoms with Crippen LogP contribution in [-0.4, -0.2) is 32.5 Å². The van der Waals surface area contributed by atoms with Gasteiger partial charge in [0.15, 0.2) is 0 Å². The molecule has 0 aliphatic carbocycles. The number of hydrogen-bond acceptors (Lipinski definition) is 4. The highest BCUT2D eigenvalue weighted by Gasteiger charge is 2.09. The van der Waals surface area contributed by atoms with Gasteiger partial charge >= 0.3 is 0 Å². The molecule has 5 heteroatoms. The van der Waals surface area contributed by atoms with Crippen molar-refractivity contribution >= 4 is 17.9 Å². The van der Waals surface area contributed by atoms with Crippen molar-refractivity contribution in [2.45, 2.75) is 13.8 Å². The van der Waals surface area contributed by atoms with Crippen molar-refractivity contribution in [3.8, 4) is 5.75 Å². The summed E-state index contributed by atoms with van der Waals surface area (Å²) < 4.78 is 10.4. The normalized spacial score (nSPS) is 10.3. The van der Waals surface area contributed by atoms with Crippen LogP contribution in [0.3, 0.4) is 0 Å². The van der Waals surface area contributed by atoms with Crippen molar-refractivity contribution in [3.05, 3.63) is 23.8 Å². The summed E-state index contributed by atoms with van der Waals surface area (Å²) in [5, 5.41) is 2.66. The molecule has 0 bridgehead atoms. The molecule has 0 saturated heterocycles. The van der Waals surface area contributed by atoms with Gasteiger partial charge in [0.2, 0.25) is 5.91 Å². The zero-order valence-electron chi connectivity index (χ0n) is 11.4. The molecular weight excluding hydrogens is 246 g/mol. The second kappa shape index (κ2) is 7.53. The van der Waals surface area contributed by atoms with Gasteiger partial charge in [0.05, 0.1) is 12.3 Å². The van der Waals surface area contributed by atoms with E-state index in [1.807, 2.05) is 13.8 Å². The van der Waals surface area contributed by atoms with E-state index in [9.17, 15) is 9.59 Å². The molecule has 1 N–H and O–H groups in total. The van der Waals surface area contributed by atoms with Gasteiger partial charge in [-0.15, -0.1) is 0 Å². The Balaban J connectivity index is 2.88. The maximum absolute atomic E-state index is 11.5. The van der Waals surface area contributed by atoms with E-state index in [1.54, 1.807) is 18.2 Å². The van der Waals surface area contributed by atoms with E-state index in [2.05, 4.69) is 5.32 Å². The predicted octanol–water partition coefficient (Wildman–Crippen LogP) is 2.12. The molecule has 0 fully saturated rings. The van der Waals surface area contributed by atoms with Crippen molar-refractivity contribution in [3.63, 3.8) is 0 Å². The van der Waals surface area contributed by atoms with E-state index in [1.165, 1.54) is 7.11 Å². The third-order valence-corrected chi connectivity index (χ3v) is 2.26. The first-order valence-electron chi connectivity index (χ1n) is 6.07. The Morgan fingerprint density at radius 3 is 2.74 bits per heavy atom. The molecule has 0 unspecified atom stereocenters. The fourth-order valence-corrected chi connectivity index (χ4v) is 1.42. The number of rotatable bonds is 7. The van der Waals surface area contributed by atoms with Crippen molar-refractivity contribution in [1.29, 1.82) is 0 Å². The smallest absolute Gasteiger partial charge is 0.250 e. The summed E-state index contributed by atoms with van der Waals surface area (Å²) in [6.45, 7) is 4.55. The molecule has 0 saturated carbocycles. The molecule has 5 nitrogen and oxygen atoms in total. The summed E-state index contributed by atoms with van der Waals surface area (Å²) in [5.41, 5.74) is 0.955. The van der Waals surface area contributed by atoms with Crippen LogP contribution >= 0.6 is 0 Å². The fourth-order valence-electron chi connectivity index (χ4n) is 1.42. The lowest BCUT2D eigenvalue weighted by atomic mass is 10.2. The Morgan fingerprint density at radius 2 is 2.16 bits per heavy atom. The first-order chi connectivity index (χ1) is 9.06. The molecule has 0 heterocycles. The first-order valence-corrected chi connectivity index (χ1v) is 6.07.